The Morgan fingerprint density at radius 3 is 2.30 bits per heavy atom. The van der Waals surface area contributed by atoms with E-state index in [0.29, 0.717) is 0 Å². The van der Waals surface area contributed by atoms with Crippen LogP contribution in [0.5, 0.6) is 0 Å². The average Bonchev–Trinajstić information content (AvgIpc) is 2.33. The van der Waals surface area contributed by atoms with E-state index < -0.39 is 5.91 Å². The van der Waals surface area contributed by atoms with Crippen LogP contribution in [0.25, 0.3) is 0 Å². The van der Waals surface area contributed by atoms with E-state index in [0.717, 1.165) is 0 Å². The second kappa shape index (κ2) is 2.66. The molecule has 0 fully saturated rings. The van der Waals surface area contributed by atoms with Crippen LogP contribution in [0.3, 0.4) is 0 Å². The number of nitrogens with two attached hydrogens (primary N) is 2. The molecule has 1 aliphatic heterocycles. The van der Waals surface area contributed by atoms with Crippen molar-refractivity contribution in [2.75, 3.05) is 0 Å². The fraction of sp³-hybridized carbons (Fsp3) is 0.500. The van der Waals surface area contributed by atoms with Crippen molar-refractivity contribution in [2.24, 2.45) is 16.7 Å². The fourth-order valence-corrected chi connectivity index (χ4v) is 0.698. The second-order valence-electron chi connectivity index (χ2n) is 1.65. The first-order chi connectivity index (χ1) is 4.72. The van der Waals surface area contributed by atoms with E-state index in [-0.39, 0.29) is 5.29 Å². The van der Waals surface area contributed by atoms with Gasteiger partial charge < -0.3 is 0 Å². The van der Waals surface area contributed by atoms with Crippen molar-refractivity contribution in [2.45, 2.75) is 5.91 Å². The third kappa shape index (κ3) is 1.19. The molecule has 0 aliphatic carbocycles. The van der Waals surface area contributed by atoms with E-state index in [1.165, 1.54) is 0 Å². The van der Waals surface area contributed by atoms with Crippen LogP contribution in [0, 0.1) is 0 Å². The van der Waals surface area contributed by atoms with Crippen LogP contribution in [-0.4, -0.2) is 11.2 Å². The Balaban J connectivity index is 2.68. The van der Waals surface area contributed by atoms with Crippen molar-refractivity contribution in [3.8, 4) is 0 Å². The molecule has 10 heavy (non-hydrogen) atoms. The second-order valence-corrected chi connectivity index (χ2v) is 2.01. The van der Waals surface area contributed by atoms with Gasteiger partial charge in [-0.05, 0) is 11.6 Å². The molecule has 0 bridgehead atoms. The van der Waals surface area contributed by atoms with Gasteiger partial charge in [0.2, 0.25) is 5.29 Å². The molecule has 8 N–H and O–H groups in total. The molecule has 8 heteroatoms. The minimum atomic E-state index is -1.10. The Morgan fingerprint density at radius 1 is 1.50 bits per heavy atom. The zero-order chi connectivity index (χ0) is 7.61. The van der Waals surface area contributed by atoms with Gasteiger partial charge >= 0.3 is 0 Å². The summed E-state index contributed by atoms with van der Waals surface area (Å²) in [6, 6.07) is 0. The highest BCUT2D eigenvalue weighted by atomic mass is 35.5. The maximum Gasteiger partial charge on any atom is 0.267 e. The monoisotopic (exact) mass is 165 g/mol. The van der Waals surface area contributed by atoms with Gasteiger partial charge in [-0.1, -0.05) is 0 Å². The topological polar surface area (TPSA) is 113 Å². The zero-order valence-corrected chi connectivity index (χ0v) is 5.74. The molecule has 0 aromatic carbocycles. The number of nitrogens with zero attached hydrogens (tertiary/aromatic N) is 1. The van der Waals surface area contributed by atoms with Gasteiger partial charge in [0.15, 0.2) is 0 Å². The number of nitrogens with one attached hydrogen (secondary N) is 4. The lowest BCUT2D eigenvalue weighted by atomic mass is 10.7. The normalized spacial score (nSPS) is 22.1. The molecule has 0 saturated heterocycles. The predicted octanol–water partition coefficient (Wildman–Crippen LogP) is -2.77. The van der Waals surface area contributed by atoms with Crippen LogP contribution in [-0.2, 0) is 0 Å². The van der Waals surface area contributed by atoms with Gasteiger partial charge in [-0.15, -0.1) is 0 Å². The summed E-state index contributed by atoms with van der Waals surface area (Å²) in [7, 11) is 0. The first kappa shape index (κ1) is 7.66. The number of hydrogen-bond donors (Lipinski definition) is 6. The molecule has 0 aromatic rings. The molecule has 0 aromatic heterocycles. The highest BCUT2D eigenvalue weighted by molar-refractivity contribution is 6.64. The predicted molar refractivity (Wildman–Crippen MR) is 36.9 cm³/mol. The van der Waals surface area contributed by atoms with E-state index in [1.54, 1.807) is 0 Å². The Kier molecular flexibility index (Phi) is 2.04. The minimum absolute atomic E-state index is 0.177. The van der Waals surface area contributed by atoms with Gasteiger partial charge in [0.25, 0.3) is 5.91 Å². The quantitative estimate of drug-likeness (QED) is 0.114. The van der Waals surface area contributed by atoms with Gasteiger partial charge in [-0.25, -0.2) is 10.9 Å². The molecule has 0 amide bonds. The van der Waals surface area contributed by atoms with Crippen molar-refractivity contribution < 1.29 is 0 Å². The number of hydrazine groups is 3. The van der Waals surface area contributed by atoms with Crippen molar-refractivity contribution in [1.82, 2.24) is 21.7 Å². The SMILES string of the molecule is NNC1(NN)N=C(Cl)NN1. The van der Waals surface area contributed by atoms with E-state index in [2.05, 4.69) is 26.7 Å². The zero-order valence-electron chi connectivity index (χ0n) is 4.98. The van der Waals surface area contributed by atoms with E-state index in [9.17, 15) is 0 Å². The van der Waals surface area contributed by atoms with Crippen LogP contribution in [0.1, 0.15) is 0 Å². The molecule has 1 aliphatic rings. The van der Waals surface area contributed by atoms with Crippen LogP contribution < -0.4 is 33.4 Å². The molecule has 0 atom stereocenters. The van der Waals surface area contributed by atoms with E-state index in [1.807, 2.05) is 0 Å². The molecule has 1 rings (SSSR count). The number of aliphatic imine (C=N–C) groups is 1. The summed E-state index contributed by atoms with van der Waals surface area (Å²) in [5.41, 5.74) is 9.61. The van der Waals surface area contributed by atoms with Gasteiger partial charge in [-0.3, -0.25) is 17.1 Å². The van der Waals surface area contributed by atoms with Gasteiger partial charge in [0.1, 0.15) is 0 Å². The molecule has 0 radical (unpaired) electrons. The molecular weight excluding hydrogens is 158 g/mol. The fourth-order valence-electron chi connectivity index (χ4n) is 0.524. The summed E-state index contributed by atoms with van der Waals surface area (Å²) in [5.74, 6) is 9.06. The first-order valence-corrected chi connectivity index (χ1v) is 2.84. The van der Waals surface area contributed by atoms with Gasteiger partial charge in [-0.2, -0.15) is 10.4 Å². The molecule has 0 unspecified atom stereocenters. The molecule has 58 valence electrons. The Morgan fingerprint density at radius 2 is 2.10 bits per heavy atom. The summed E-state index contributed by atoms with van der Waals surface area (Å²) in [6.07, 6.45) is 0. The Labute approximate surface area is 62.1 Å². The molecular formula is C2H8ClN7. The summed E-state index contributed by atoms with van der Waals surface area (Å²) in [4.78, 5) is 3.74. The minimum Gasteiger partial charge on any atom is -0.292 e. The van der Waals surface area contributed by atoms with Crippen molar-refractivity contribution in [3.63, 3.8) is 0 Å². The van der Waals surface area contributed by atoms with Crippen LogP contribution in [0.15, 0.2) is 4.99 Å². The largest absolute Gasteiger partial charge is 0.292 e. The highest BCUT2D eigenvalue weighted by Crippen LogP contribution is 2.00. The molecule has 0 saturated carbocycles. The Bertz CT molecular complexity index is 150. The number of amidine groups is 1. The van der Waals surface area contributed by atoms with Crippen molar-refractivity contribution in [3.05, 3.63) is 0 Å². The smallest absolute Gasteiger partial charge is 0.267 e. The van der Waals surface area contributed by atoms with E-state index >= 15 is 0 Å². The number of halogens is 1. The average molecular weight is 166 g/mol. The lowest BCUT2D eigenvalue weighted by molar-refractivity contribution is 0.220. The van der Waals surface area contributed by atoms with Crippen LogP contribution in [0.4, 0.5) is 0 Å². The molecule has 7 nitrogen and oxygen atoms in total. The first-order valence-electron chi connectivity index (χ1n) is 2.46. The lowest BCUT2D eigenvalue weighted by Crippen LogP contribution is -2.69. The highest BCUT2D eigenvalue weighted by Gasteiger charge is 2.31. The third-order valence-electron chi connectivity index (χ3n) is 1.03. The van der Waals surface area contributed by atoms with Crippen molar-refractivity contribution >= 4 is 16.9 Å². The number of rotatable bonds is 2. The summed E-state index contributed by atoms with van der Waals surface area (Å²) >= 11 is 5.44. The van der Waals surface area contributed by atoms with E-state index in [4.69, 9.17) is 23.3 Å². The lowest BCUT2D eigenvalue weighted by Gasteiger charge is -2.22. The summed E-state index contributed by atoms with van der Waals surface area (Å²) in [5, 5.41) is 0.177. The van der Waals surface area contributed by atoms with Crippen LogP contribution in [0.2, 0.25) is 0 Å². The third-order valence-corrected chi connectivity index (χ3v) is 1.21. The maximum atomic E-state index is 5.44. The Hall–Kier alpha value is -0.440. The maximum absolute atomic E-state index is 5.44. The standard InChI is InChI=1S/C2H8ClN7/c3-1-6-2(8-4,9-5)10-7-1/h8-10H,4-5H2,(H,6,7). The number of hydrogen-bond acceptors (Lipinski definition) is 7. The molecule has 1 heterocycles. The summed E-state index contributed by atoms with van der Waals surface area (Å²) < 4.78 is 0. The molecule has 0 spiro atoms. The van der Waals surface area contributed by atoms with Gasteiger partial charge in [0, 0.05) is 0 Å². The van der Waals surface area contributed by atoms with Crippen molar-refractivity contribution in [1.29, 1.82) is 0 Å². The van der Waals surface area contributed by atoms with Crippen LogP contribution >= 0.6 is 11.6 Å². The summed E-state index contributed by atoms with van der Waals surface area (Å²) in [6.45, 7) is 0. The van der Waals surface area contributed by atoms with Gasteiger partial charge in [0.05, 0.1) is 0 Å².